The fraction of sp³-hybridized carbons (Fsp3) is 0.143. The second-order valence-corrected chi connectivity index (χ2v) is 7.93. The summed E-state index contributed by atoms with van der Waals surface area (Å²) in [5.41, 5.74) is -0.492. The van der Waals surface area contributed by atoms with E-state index in [-0.39, 0.29) is 23.0 Å². The van der Waals surface area contributed by atoms with E-state index in [9.17, 15) is 27.6 Å². The van der Waals surface area contributed by atoms with Gasteiger partial charge in [0.25, 0.3) is 5.56 Å². The zero-order valence-electron chi connectivity index (χ0n) is 16.2. The van der Waals surface area contributed by atoms with Gasteiger partial charge in [-0.05, 0) is 29.8 Å². The van der Waals surface area contributed by atoms with Crippen molar-refractivity contribution < 1.29 is 22.8 Å². The van der Waals surface area contributed by atoms with Gasteiger partial charge in [-0.3, -0.25) is 14.4 Å². The van der Waals surface area contributed by atoms with Crippen molar-refractivity contribution in [1.82, 2.24) is 9.97 Å². The number of nitrogens with one attached hydrogen (secondary N) is 3. The van der Waals surface area contributed by atoms with Crippen LogP contribution in [0.15, 0.2) is 52.4 Å². The Morgan fingerprint density at radius 2 is 1.91 bits per heavy atom. The maximum Gasteiger partial charge on any atom is 0.257 e. The Hall–Kier alpha value is -3.60. The third-order valence-corrected chi connectivity index (χ3v) is 5.64. The molecule has 0 radical (unpaired) electrons. The normalized spacial score (nSPS) is 15.1. The van der Waals surface area contributed by atoms with E-state index in [0.717, 1.165) is 30.0 Å². The van der Waals surface area contributed by atoms with Gasteiger partial charge in [-0.1, -0.05) is 23.9 Å². The molecule has 0 saturated heterocycles. The number of nitrogens with zero attached hydrogens (tertiary/aromatic N) is 1. The van der Waals surface area contributed by atoms with E-state index >= 15 is 0 Å². The maximum atomic E-state index is 13.9. The first-order chi connectivity index (χ1) is 15.3. The number of carbonyl (C=O) groups excluding carboxylic acids is 2. The lowest BCUT2D eigenvalue weighted by Crippen LogP contribution is -2.36. The van der Waals surface area contributed by atoms with E-state index in [1.165, 1.54) is 12.1 Å². The molecule has 11 heteroatoms. The number of fused-ring (bicyclic) bond motifs is 1. The Bertz CT molecular complexity index is 1280. The number of aromatic nitrogens is 2. The van der Waals surface area contributed by atoms with Crippen LogP contribution in [-0.2, 0) is 15.3 Å². The van der Waals surface area contributed by atoms with Gasteiger partial charge in [-0.15, -0.1) is 0 Å². The molecule has 1 aliphatic heterocycles. The van der Waals surface area contributed by atoms with Crippen LogP contribution in [0, 0.1) is 17.5 Å². The average Bonchev–Trinajstić information content (AvgIpc) is 2.74. The van der Waals surface area contributed by atoms with Gasteiger partial charge in [0.2, 0.25) is 11.8 Å². The minimum Gasteiger partial charge on any atom is -0.323 e. The molecule has 32 heavy (non-hydrogen) atoms. The molecule has 1 aromatic heterocycles. The molecular formula is C21H15F3N4O3S. The highest BCUT2D eigenvalue weighted by Crippen LogP contribution is 2.31. The number of aromatic amines is 1. The summed E-state index contributed by atoms with van der Waals surface area (Å²) in [4.78, 5) is 44.3. The summed E-state index contributed by atoms with van der Waals surface area (Å²) >= 11 is 1.11. The lowest BCUT2D eigenvalue weighted by atomic mass is 9.92. The molecule has 1 unspecified atom stereocenters. The van der Waals surface area contributed by atoms with Crippen molar-refractivity contribution in [3.8, 4) is 0 Å². The molecule has 0 aliphatic carbocycles. The summed E-state index contributed by atoms with van der Waals surface area (Å²) in [5, 5.41) is 4.84. The Balaban J connectivity index is 1.59. The van der Waals surface area contributed by atoms with Crippen molar-refractivity contribution in [3.63, 3.8) is 0 Å². The molecule has 0 saturated carbocycles. The van der Waals surface area contributed by atoms with Crippen molar-refractivity contribution in [1.29, 1.82) is 0 Å². The summed E-state index contributed by atoms with van der Waals surface area (Å²) < 4.78 is 40.6. The second-order valence-electron chi connectivity index (χ2n) is 6.97. The van der Waals surface area contributed by atoms with E-state index in [2.05, 4.69) is 20.6 Å². The molecule has 2 amide bonds. The number of hydrogen-bond acceptors (Lipinski definition) is 5. The fourth-order valence-electron chi connectivity index (χ4n) is 3.23. The number of H-pyrrole nitrogens is 1. The molecule has 2 aromatic carbocycles. The Morgan fingerprint density at radius 3 is 2.69 bits per heavy atom. The van der Waals surface area contributed by atoms with E-state index in [4.69, 9.17) is 0 Å². The van der Waals surface area contributed by atoms with Gasteiger partial charge < -0.3 is 15.6 Å². The predicted molar refractivity (Wildman–Crippen MR) is 112 cm³/mol. The molecule has 0 bridgehead atoms. The van der Waals surface area contributed by atoms with Crippen LogP contribution < -0.4 is 16.2 Å². The second kappa shape index (κ2) is 8.87. The predicted octanol–water partition coefficient (Wildman–Crippen LogP) is 3.54. The van der Waals surface area contributed by atoms with Crippen LogP contribution in [0.2, 0.25) is 0 Å². The molecule has 0 fully saturated rings. The van der Waals surface area contributed by atoms with E-state index in [1.807, 2.05) is 0 Å². The SMILES string of the molecule is O=C1CC(C(=O)Nc2cc(F)ccc2F)c2c(nc(SCc3cccc(F)c3)[nH]c2=O)N1. The van der Waals surface area contributed by atoms with Gasteiger partial charge in [-0.2, -0.15) is 0 Å². The van der Waals surface area contributed by atoms with Gasteiger partial charge in [0.05, 0.1) is 17.2 Å². The first-order valence-corrected chi connectivity index (χ1v) is 10.4. The molecule has 1 aliphatic rings. The molecule has 7 nitrogen and oxygen atoms in total. The van der Waals surface area contributed by atoms with E-state index in [1.54, 1.807) is 12.1 Å². The van der Waals surface area contributed by atoms with E-state index in [0.29, 0.717) is 11.3 Å². The van der Waals surface area contributed by atoms with Crippen LogP contribution in [0.25, 0.3) is 0 Å². The highest BCUT2D eigenvalue weighted by atomic mass is 32.2. The van der Waals surface area contributed by atoms with Crippen molar-refractivity contribution in [3.05, 3.63) is 81.4 Å². The molecule has 164 valence electrons. The Kier molecular flexibility index (Phi) is 5.99. The van der Waals surface area contributed by atoms with Crippen LogP contribution in [0.3, 0.4) is 0 Å². The number of amides is 2. The zero-order valence-corrected chi connectivity index (χ0v) is 17.1. The van der Waals surface area contributed by atoms with Gasteiger partial charge in [-0.25, -0.2) is 18.2 Å². The van der Waals surface area contributed by atoms with Crippen LogP contribution in [0.4, 0.5) is 24.7 Å². The first-order valence-electron chi connectivity index (χ1n) is 9.37. The lowest BCUT2D eigenvalue weighted by molar-refractivity contribution is -0.123. The third kappa shape index (κ3) is 4.67. The highest BCUT2D eigenvalue weighted by molar-refractivity contribution is 7.98. The monoisotopic (exact) mass is 460 g/mol. The largest absolute Gasteiger partial charge is 0.323 e. The molecule has 3 aromatic rings. The Morgan fingerprint density at radius 1 is 1.12 bits per heavy atom. The number of anilines is 2. The van der Waals surface area contributed by atoms with E-state index < -0.39 is 46.4 Å². The molecule has 4 rings (SSSR count). The molecule has 2 heterocycles. The lowest BCUT2D eigenvalue weighted by Gasteiger charge is -2.23. The molecule has 1 atom stereocenters. The standard InChI is InChI=1S/C21H15F3N4O3S/c22-11-3-1-2-10(6-11)9-32-21-27-18-17(20(31)28-21)13(8-16(29)26-18)19(30)25-15-7-12(23)4-5-14(15)24/h1-7,13H,8-9H2,(H,25,30)(H2,26,27,28,29,31). The number of halogens is 3. The molecule has 3 N–H and O–H groups in total. The van der Waals surface area contributed by atoms with Gasteiger partial charge in [0, 0.05) is 18.2 Å². The quantitative estimate of drug-likeness (QED) is 0.399. The minimum atomic E-state index is -1.25. The van der Waals surface area contributed by atoms with Crippen molar-refractivity contribution >= 4 is 35.1 Å². The highest BCUT2D eigenvalue weighted by Gasteiger charge is 2.35. The van der Waals surface area contributed by atoms with Crippen molar-refractivity contribution in [2.24, 2.45) is 0 Å². The van der Waals surface area contributed by atoms with Gasteiger partial charge >= 0.3 is 0 Å². The van der Waals surface area contributed by atoms with Crippen LogP contribution in [0.1, 0.15) is 23.5 Å². The summed E-state index contributed by atoms with van der Waals surface area (Å²) in [6.07, 6.45) is -0.365. The summed E-state index contributed by atoms with van der Waals surface area (Å²) in [5.74, 6) is -4.47. The number of rotatable bonds is 5. The third-order valence-electron chi connectivity index (χ3n) is 4.70. The number of benzene rings is 2. The number of carbonyl (C=O) groups is 2. The van der Waals surface area contributed by atoms with Crippen LogP contribution >= 0.6 is 11.8 Å². The number of hydrogen-bond donors (Lipinski definition) is 3. The van der Waals surface area contributed by atoms with Gasteiger partial charge in [0.1, 0.15) is 23.3 Å². The summed E-state index contributed by atoms with van der Waals surface area (Å²) in [6.45, 7) is 0. The first kappa shape index (κ1) is 21.6. The number of thioether (sulfide) groups is 1. The van der Waals surface area contributed by atoms with Crippen molar-refractivity contribution in [2.45, 2.75) is 23.2 Å². The fourth-order valence-corrected chi connectivity index (χ4v) is 4.04. The maximum absolute atomic E-state index is 13.9. The van der Waals surface area contributed by atoms with Crippen LogP contribution in [-0.4, -0.2) is 21.8 Å². The van der Waals surface area contributed by atoms with Crippen molar-refractivity contribution in [2.75, 3.05) is 10.6 Å². The van der Waals surface area contributed by atoms with Gasteiger partial charge in [0.15, 0.2) is 5.16 Å². The smallest absolute Gasteiger partial charge is 0.257 e. The topological polar surface area (TPSA) is 104 Å². The van der Waals surface area contributed by atoms with Crippen LogP contribution in [0.5, 0.6) is 0 Å². The zero-order chi connectivity index (χ0) is 22.8. The summed E-state index contributed by atoms with van der Waals surface area (Å²) in [6, 6.07) is 8.46. The minimum absolute atomic E-state index is 0.0889. The summed E-state index contributed by atoms with van der Waals surface area (Å²) in [7, 11) is 0. The molecule has 0 spiro atoms. The Labute approximate surface area is 183 Å². The average molecular weight is 460 g/mol. The molecular weight excluding hydrogens is 445 g/mol.